The maximum atomic E-state index is 13.0. The van der Waals surface area contributed by atoms with Crippen molar-refractivity contribution in [2.45, 2.75) is 43.9 Å². The van der Waals surface area contributed by atoms with Crippen molar-refractivity contribution in [3.8, 4) is 11.3 Å². The van der Waals surface area contributed by atoms with Gasteiger partial charge < -0.3 is 25.0 Å². The highest BCUT2D eigenvalue weighted by molar-refractivity contribution is 6.01. The molecule has 5 heterocycles. The molecule has 0 spiro atoms. The number of carbonyl (C=O) groups is 1. The summed E-state index contributed by atoms with van der Waals surface area (Å²) in [6, 6.07) is 6.02. The standard InChI is InChI=1S/C24H27N7O3/c1-25-21-11-19(28-23-16(12-27-31(21)23)24(33)29-18-4-5-20(18)32)17-13-30(14-6-9-34-10-7-14)22-15(17)3-2-8-26-22/h2-3,8,11-14,18,20,25,32H,4-7,9-10H2,1H3,(H,29,33)/t18-,20-/m0/s1. The van der Waals surface area contributed by atoms with E-state index in [1.807, 2.05) is 25.4 Å². The van der Waals surface area contributed by atoms with Crippen LogP contribution in [0.3, 0.4) is 0 Å². The zero-order valence-electron chi connectivity index (χ0n) is 18.9. The summed E-state index contributed by atoms with van der Waals surface area (Å²) in [5, 5.41) is 21.4. The third-order valence-electron chi connectivity index (χ3n) is 6.98. The molecule has 4 aromatic heterocycles. The van der Waals surface area contributed by atoms with E-state index in [0.29, 0.717) is 23.7 Å². The van der Waals surface area contributed by atoms with E-state index >= 15 is 0 Å². The molecule has 1 aliphatic carbocycles. The highest BCUT2D eigenvalue weighted by Crippen LogP contribution is 2.34. The molecule has 34 heavy (non-hydrogen) atoms. The van der Waals surface area contributed by atoms with Crippen LogP contribution in [-0.4, -0.2) is 67.6 Å². The van der Waals surface area contributed by atoms with Gasteiger partial charge in [-0.15, -0.1) is 0 Å². The molecule has 0 bridgehead atoms. The average molecular weight is 462 g/mol. The van der Waals surface area contributed by atoms with Crippen LogP contribution in [0.5, 0.6) is 0 Å². The molecular formula is C24H27N7O3. The number of hydrogen-bond donors (Lipinski definition) is 3. The number of fused-ring (bicyclic) bond motifs is 2. The molecule has 0 radical (unpaired) electrons. The van der Waals surface area contributed by atoms with Gasteiger partial charge in [0.1, 0.15) is 17.0 Å². The predicted molar refractivity (Wildman–Crippen MR) is 127 cm³/mol. The van der Waals surface area contributed by atoms with E-state index in [0.717, 1.165) is 60.6 Å². The number of anilines is 1. The van der Waals surface area contributed by atoms with Crippen molar-refractivity contribution in [1.29, 1.82) is 0 Å². The minimum absolute atomic E-state index is 0.224. The van der Waals surface area contributed by atoms with Gasteiger partial charge in [-0.25, -0.2) is 9.97 Å². The Morgan fingerprint density at radius 2 is 2.06 bits per heavy atom. The third kappa shape index (κ3) is 3.41. The maximum Gasteiger partial charge on any atom is 0.257 e. The molecule has 10 nitrogen and oxygen atoms in total. The largest absolute Gasteiger partial charge is 0.391 e. The fourth-order valence-electron chi connectivity index (χ4n) is 4.86. The number of aliphatic hydroxyl groups is 1. The molecule has 1 saturated heterocycles. The smallest absolute Gasteiger partial charge is 0.257 e. The SMILES string of the molecule is CNc1cc(-c2cn(C3CCOCC3)c3ncccc23)nc2c(C(=O)N[C@H]3CC[C@@H]3O)cnn12. The minimum Gasteiger partial charge on any atom is -0.391 e. The zero-order chi connectivity index (χ0) is 23.2. The van der Waals surface area contributed by atoms with Crippen LogP contribution in [0.2, 0.25) is 0 Å². The molecule has 1 saturated carbocycles. The number of amides is 1. The van der Waals surface area contributed by atoms with Gasteiger partial charge in [-0.1, -0.05) is 0 Å². The van der Waals surface area contributed by atoms with E-state index in [4.69, 9.17) is 9.72 Å². The topological polar surface area (TPSA) is 119 Å². The van der Waals surface area contributed by atoms with E-state index in [2.05, 4.69) is 37.5 Å². The lowest BCUT2D eigenvalue weighted by molar-refractivity contribution is 0.0448. The molecule has 1 aliphatic heterocycles. The zero-order valence-corrected chi connectivity index (χ0v) is 18.9. The summed E-state index contributed by atoms with van der Waals surface area (Å²) in [6.07, 6.45) is 8.31. The first kappa shape index (κ1) is 21.1. The normalized spacial score (nSPS) is 21.0. The first-order chi connectivity index (χ1) is 16.6. The molecule has 176 valence electrons. The van der Waals surface area contributed by atoms with Crippen LogP contribution in [0.15, 0.2) is 36.8 Å². The van der Waals surface area contributed by atoms with Gasteiger partial charge in [-0.2, -0.15) is 9.61 Å². The monoisotopic (exact) mass is 461 g/mol. The lowest BCUT2D eigenvalue weighted by atomic mass is 9.89. The Balaban J connectivity index is 1.46. The van der Waals surface area contributed by atoms with Gasteiger partial charge in [0.25, 0.3) is 5.91 Å². The first-order valence-electron chi connectivity index (χ1n) is 11.7. The van der Waals surface area contributed by atoms with Crippen LogP contribution < -0.4 is 10.6 Å². The van der Waals surface area contributed by atoms with Crippen molar-refractivity contribution in [3.05, 3.63) is 42.4 Å². The number of pyridine rings is 1. The van der Waals surface area contributed by atoms with E-state index < -0.39 is 6.10 Å². The number of nitrogens with zero attached hydrogens (tertiary/aromatic N) is 5. The van der Waals surface area contributed by atoms with Crippen LogP contribution in [0.1, 0.15) is 42.1 Å². The van der Waals surface area contributed by atoms with Gasteiger partial charge >= 0.3 is 0 Å². The number of nitrogens with one attached hydrogen (secondary N) is 2. The fraction of sp³-hybridized carbons (Fsp3) is 0.417. The molecule has 2 fully saturated rings. The second-order valence-electron chi connectivity index (χ2n) is 8.96. The fourth-order valence-corrected chi connectivity index (χ4v) is 4.86. The summed E-state index contributed by atoms with van der Waals surface area (Å²) in [6.45, 7) is 1.48. The van der Waals surface area contributed by atoms with Gasteiger partial charge in [0.05, 0.1) is 24.0 Å². The van der Waals surface area contributed by atoms with Gasteiger partial charge in [0.15, 0.2) is 5.65 Å². The second kappa shape index (κ2) is 8.37. The van der Waals surface area contributed by atoms with Crippen LogP contribution in [0.25, 0.3) is 27.9 Å². The molecule has 6 rings (SSSR count). The number of aliphatic hydroxyl groups excluding tert-OH is 1. The van der Waals surface area contributed by atoms with E-state index in [1.54, 1.807) is 4.52 Å². The lowest BCUT2D eigenvalue weighted by Gasteiger charge is -2.32. The summed E-state index contributed by atoms with van der Waals surface area (Å²) >= 11 is 0. The summed E-state index contributed by atoms with van der Waals surface area (Å²) in [5.74, 6) is 0.440. The quantitative estimate of drug-likeness (QED) is 0.418. The highest BCUT2D eigenvalue weighted by Gasteiger charge is 2.31. The number of aromatic nitrogens is 5. The Morgan fingerprint density at radius 3 is 2.79 bits per heavy atom. The van der Waals surface area contributed by atoms with Crippen LogP contribution >= 0.6 is 0 Å². The molecule has 4 aromatic rings. The summed E-state index contributed by atoms with van der Waals surface area (Å²) in [4.78, 5) is 22.5. The predicted octanol–water partition coefficient (Wildman–Crippen LogP) is 2.39. The Hall–Kier alpha value is -3.50. The first-order valence-corrected chi connectivity index (χ1v) is 11.7. The van der Waals surface area contributed by atoms with Crippen LogP contribution in [0, 0.1) is 0 Å². The maximum absolute atomic E-state index is 13.0. The lowest BCUT2D eigenvalue weighted by Crippen LogP contribution is -2.50. The Bertz CT molecular complexity index is 1370. The highest BCUT2D eigenvalue weighted by atomic mass is 16.5. The number of hydrogen-bond acceptors (Lipinski definition) is 7. The Kier molecular flexibility index (Phi) is 5.19. The molecule has 0 aromatic carbocycles. The molecular weight excluding hydrogens is 434 g/mol. The average Bonchev–Trinajstić information content (AvgIpc) is 3.48. The number of carbonyl (C=O) groups excluding carboxylic acids is 1. The van der Waals surface area contributed by atoms with Crippen molar-refractivity contribution < 1.29 is 14.6 Å². The molecule has 10 heteroatoms. The van der Waals surface area contributed by atoms with E-state index in [-0.39, 0.29) is 11.9 Å². The van der Waals surface area contributed by atoms with Crippen molar-refractivity contribution >= 4 is 28.4 Å². The van der Waals surface area contributed by atoms with Gasteiger partial charge in [-0.3, -0.25) is 4.79 Å². The Morgan fingerprint density at radius 1 is 1.21 bits per heavy atom. The van der Waals surface area contributed by atoms with Crippen molar-refractivity contribution in [3.63, 3.8) is 0 Å². The van der Waals surface area contributed by atoms with Crippen LogP contribution in [-0.2, 0) is 4.74 Å². The summed E-state index contributed by atoms with van der Waals surface area (Å²) < 4.78 is 9.43. The minimum atomic E-state index is -0.494. The summed E-state index contributed by atoms with van der Waals surface area (Å²) in [7, 11) is 1.82. The molecule has 2 atom stereocenters. The van der Waals surface area contributed by atoms with Gasteiger partial charge in [0.2, 0.25) is 0 Å². The second-order valence-corrected chi connectivity index (χ2v) is 8.96. The molecule has 1 amide bonds. The number of ether oxygens (including phenoxy) is 1. The molecule has 3 N–H and O–H groups in total. The third-order valence-corrected chi connectivity index (χ3v) is 6.98. The van der Waals surface area contributed by atoms with E-state index in [9.17, 15) is 9.90 Å². The van der Waals surface area contributed by atoms with Crippen molar-refractivity contribution in [2.24, 2.45) is 0 Å². The van der Waals surface area contributed by atoms with Gasteiger partial charge in [0, 0.05) is 55.7 Å². The van der Waals surface area contributed by atoms with E-state index in [1.165, 1.54) is 6.20 Å². The molecule has 2 aliphatic rings. The molecule has 0 unspecified atom stereocenters. The number of rotatable bonds is 5. The van der Waals surface area contributed by atoms with Crippen LogP contribution in [0.4, 0.5) is 5.82 Å². The van der Waals surface area contributed by atoms with Crippen molar-refractivity contribution in [2.75, 3.05) is 25.6 Å². The Labute approximate surface area is 196 Å². The van der Waals surface area contributed by atoms with Gasteiger partial charge in [-0.05, 0) is 37.8 Å². The summed E-state index contributed by atoms with van der Waals surface area (Å²) in [5.41, 5.74) is 3.45. The van der Waals surface area contributed by atoms with Crippen molar-refractivity contribution in [1.82, 2.24) is 29.5 Å².